The van der Waals surface area contributed by atoms with Gasteiger partial charge in [0.15, 0.2) is 0 Å². The molecule has 0 fully saturated rings. The fraction of sp³-hybridized carbons (Fsp3) is 0.571. The van der Waals surface area contributed by atoms with E-state index in [0.717, 1.165) is 15.7 Å². The molecule has 0 aliphatic heterocycles. The molecule has 0 bridgehead atoms. The van der Waals surface area contributed by atoms with Gasteiger partial charge in [0.2, 0.25) is 0 Å². The Kier molecular flexibility index (Phi) is 6.76. The summed E-state index contributed by atoms with van der Waals surface area (Å²) < 4.78 is 0. The van der Waals surface area contributed by atoms with Crippen LogP contribution in [0.4, 0.5) is 5.69 Å². The summed E-state index contributed by atoms with van der Waals surface area (Å²) in [6.45, 7) is 4.41. The molecule has 0 aliphatic rings. The molecule has 0 heterocycles. The van der Waals surface area contributed by atoms with E-state index >= 15 is 0 Å². The van der Waals surface area contributed by atoms with Gasteiger partial charge in [-0.15, -0.1) is 0 Å². The van der Waals surface area contributed by atoms with Crippen molar-refractivity contribution >= 4 is 28.9 Å². The summed E-state index contributed by atoms with van der Waals surface area (Å²) in [7, 11) is 0. The summed E-state index contributed by atoms with van der Waals surface area (Å²) in [6.07, 6.45) is 6.35. The van der Waals surface area contributed by atoms with Gasteiger partial charge in [-0.3, -0.25) is 0 Å². The first-order valence-electron chi connectivity index (χ1n) is 6.35. The Balaban J connectivity index is 2.39. The van der Waals surface area contributed by atoms with Crippen molar-refractivity contribution < 1.29 is 0 Å². The van der Waals surface area contributed by atoms with Gasteiger partial charge in [-0.05, 0) is 31.5 Å². The summed E-state index contributed by atoms with van der Waals surface area (Å²) in [5.74, 6) is 0. The maximum absolute atomic E-state index is 6.10. The van der Waals surface area contributed by atoms with Crippen LogP contribution >= 0.6 is 23.2 Å². The molecular formula is C14H21Cl2N. The Morgan fingerprint density at radius 3 is 2.65 bits per heavy atom. The highest BCUT2D eigenvalue weighted by Crippen LogP contribution is 2.26. The van der Waals surface area contributed by atoms with Crippen molar-refractivity contribution in [3.05, 3.63) is 28.2 Å². The second-order valence-electron chi connectivity index (χ2n) is 4.52. The average molecular weight is 274 g/mol. The summed E-state index contributed by atoms with van der Waals surface area (Å²) in [4.78, 5) is 0. The minimum atomic E-state index is 0.433. The molecule has 0 aromatic heterocycles. The Labute approximate surface area is 115 Å². The topological polar surface area (TPSA) is 12.0 Å². The van der Waals surface area contributed by atoms with Crippen LogP contribution in [0.15, 0.2) is 18.2 Å². The van der Waals surface area contributed by atoms with E-state index < -0.39 is 0 Å². The standard InChI is InChI=1S/C14H21Cl2N/c1-3-4-5-6-7-11(2)17-14-10-12(15)8-9-13(14)16/h8-11,17H,3-7H2,1-2H3. The van der Waals surface area contributed by atoms with E-state index in [4.69, 9.17) is 23.2 Å². The predicted molar refractivity (Wildman–Crippen MR) is 78.3 cm³/mol. The molecular weight excluding hydrogens is 253 g/mol. The third-order valence-electron chi connectivity index (χ3n) is 2.82. The number of unbranched alkanes of at least 4 members (excludes halogenated alkanes) is 3. The van der Waals surface area contributed by atoms with Crippen molar-refractivity contribution in [1.82, 2.24) is 0 Å². The number of benzene rings is 1. The molecule has 0 radical (unpaired) electrons. The van der Waals surface area contributed by atoms with Crippen LogP contribution in [0.25, 0.3) is 0 Å². The van der Waals surface area contributed by atoms with E-state index in [2.05, 4.69) is 19.2 Å². The SMILES string of the molecule is CCCCCCC(C)Nc1cc(Cl)ccc1Cl. The summed E-state index contributed by atoms with van der Waals surface area (Å²) >= 11 is 12.1. The van der Waals surface area contributed by atoms with Crippen molar-refractivity contribution in [1.29, 1.82) is 0 Å². The zero-order chi connectivity index (χ0) is 12.7. The van der Waals surface area contributed by atoms with Crippen molar-refractivity contribution in [2.45, 2.75) is 52.0 Å². The van der Waals surface area contributed by atoms with E-state index in [9.17, 15) is 0 Å². The number of hydrogen-bond acceptors (Lipinski definition) is 1. The van der Waals surface area contributed by atoms with Gasteiger partial charge in [-0.1, -0.05) is 55.8 Å². The van der Waals surface area contributed by atoms with Gasteiger partial charge in [-0.2, -0.15) is 0 Å². The highest BCUT2D eigenvalue weighted by molar-refractivity contribution is 6.35. The number of nitrogens with one attached hydrogen (secondary N) is 1. The van der Waals surface area contributed by atoms with Gasteiger partial charge >= 0.3 is 0 Å². The van der Waals surface area contributed by atoms with Crippen LogP contribution in [0.5, 0.6) is 0 Å². The molecule has 1 aromatic rings. The first-order valence-corrected chi connectivity index (χ1v) is 7.10. The van der Waals surface area contributed by atoms with Gasteiger partial charge in [0.25, 0.3) is 0 Å². The Hall–Kier alpha value is -0.400. The molecule has 1 N–H and O–H groups in total. The molecule has 1 rings (SSSR count). The van der Waals surface area contributed by atoms with Gasteiger partial charge < -0.3 is 5.32 Å². The van der Waals surface area contributed by atoms with Crippen LogP contribution in [0, 0.1) is 0 Å². The molecule has 1 unspecified atom stereocenters. The Bertz CT molecular complexity index is 339. The lowest BCUT2D eigenvalue weighted by Gasteiger charge is -2.16. The van der Waals surface area contributed by atoms with Crippen LogP contribution in [-0.4, -0.2) is 6.04 Å². The maximum atomic E-state index is 6.10. The Morgan fingerprint density at radius 1 is 1.18 bits per heavy atom. The van der Waals surface area contributed by atoms with Crippen molar-refractivity contribution in [2.24, 2.45) is 0 Å². The van der Waals surface area contributed by atoms with Crippen molar-refractivity contribution in [3.63, 3.8) is 0 Å². The zero-order valence-electron chi connectivity index (χ0n) is 10.6. The molecule has 0 aliphatic carbocycles. The number of hydrogen-bond donors (Lipinski definition) is 1. The fourth-order valence-corrected chi connectivity index (χ4v) is 2.17. The molecule has 0 spiro atoms. The average Bonchev–Trinajstić information content (AvgIpc) is 2.29. The van der Waals surface area contributed by atoms with Crippen LogP contribution in [0.1, 0.15) is 46.0 Å². The first kappa shape index (κ1) is 14.7. The highest BCUT2D eigenvalue weighted by Gasteiger charge is 2.05. The predicted octanol–water partition coefficient (Wildman–Crippen LogP) is 5.76. The lowest BCUT2D eigenvalue weighted by Crippen LogP contribution is -2.15. The fourth-order valence-electron chi connectivity index (χ4n) is 1.82. The molecule has 1 nitrogen and oxygen atoms in total. The second-order valence-corrected chi connectivity index (χ2v) is 5.36. The van der Waals surface area contributed by atoms with Gasteiger partial charge in [0.05, 0.1) is 10.7 Å². The summed E-state index contributed by atoms with van der Waals surface area (Å²) in [6, 6.07) is 5.95. The third kappa shape index (κ3) is 5.65. The van der Waals surface area contributed by atoms with Crippen molar-refractivity contribution in [3.8, 4) is 0 Å². The molecule has 3 heteroatoms. The minimum Gasteiger partial charge on any atom is -0.381 e. The number of halogens is 2. The molecule has 0 saturated carbocycles. The number of anilines is 1. The largest absolute Gasteiger partial charge is 0.381 e. The zero-order valence-corrected chi connectivity index (χ0v) is 12.1. The monoisotopic (exact) mass is 273 g/mol. The maximum Gasteiger partial charge on any atom is 0.0638 e. The van der Waals surface area contributed by atoms with E-state index in [1.807, 2.05) is 12.1 Å². The van der Waals surface area contributed by atoms with Gasteiger partial charge in [0.1, 0.15) is 0 Å². The van der Waals surface area contributed by atoms with E-state index in [0.29, 0.717) is 6.04 Å². The van der Waals surface area contributed by atoms with Gasteiger partial charge in [0, 0.05) is 11.1 Å². The van der Waals surface area contributed by atoms with Crippen LogP contribution < -0.4 is 5.32 Å². The molecule has 0 amide bonds. The normalized spacial score (nSPS) is 12.5. The van der Waals surface area contributed by atoms with E-state index in [1.54, 1.807) is 6.07 Å². The van der Waals surface area contributed by atoms with Crippen molar-refractivity contribution in [2.75, 3.05) is 5.32 Å². The van der Waals surface area contributed by atoms with Crippen LogP contribution in [0.3, 0.4) is 0 Å². The van der Waals surface area contributed by atoms with E-state index in [1.165, 1.54) is 32.1 Å². The first-order chi connectivity index (χ1) is 8.13. The van der Waals surface area contributed by atoms with Crippen LogP contribution in [0.2, 0.25) is 10.0 Å². The molecule has 1 atom stereocenters. The summed E-state index contributed by atoms with van der Waals surface area (Å²) in [5.41, 5.74) is 0.933. The smallest absolute Gasteiger partial charge is 0.0638 e. The number of rotatable bonds is 7. The lowest BCUT2D eigenvalue weighted by atomic mass is 10.1. The quantitative estimate of drug-likeness (QED) is 0.623. The Morgan fingerprint density at radius 2 is 1.94 bits per heavy atom. The highest BCUT2D eigenvalue weighted by atomic mass is 35.5. The third-order valence-corrected chi connectivity index (χ3v) is 3.39. The molecule has 96 valence electrons. The van der Waals surface area contributed by atoms with Crippen LogP contribution in [-0.2, 0) is 0 Å². The second kappa shape index (κ2) is 7.84. The summed E-state index contributed by atoms with van der Waals surface area (Å²) in [5, 5.41) is 4.86. The minimum absolute atomic E-state index is 0.433. The van der Waals surface area contributed by atoms with Gasteiger partial charge in [-0.25, -0.2) is 0 Å². The molecule has 1 aromatic carbocycles. The molecule has 17 heavy (non-hydrogen) atoms. The lowest BCUT2D eigenvalue weighted by molar-refractivity contribution is 0.594. The van der Waals surface area contributed by atoms with E-state index in [-0.39, 0.29) is 0 Å². The molecule has 0 saturated heterocycles.